The molecule has 0 unspecified atom stereocenters. The Labute approximate surface area is 125 Å². The second kappa shape index (κ2) is 6.43. The average Bonchev–Trinajstić information content (AvgIpc) is 2.97. The topological polar surface area (TPSA) is 76.5 Å². The van der Waals surface area contributed by atoms with Gasteiger partial charge >= 0.3 is 0 Å². The highest BCUT2D eigenvalue weighted by Gasteiger charge is 2.24. The molecule has 0 bridgehead atoms. The Hall–Kier alpha value is -1.63. The van der Waals surface area contributed by atoms with Gasteiger partial charge in [-0.1, -0.05) is 13.0 Å². The van der Waals surface area contributed by atoms with E-state index >= 15 is 0 Å². The van der Waals surface area contributed by atoms with Gasteiger partial charge in [0.05, 0.1) is 17.7 Å². The summed E-state index contributed by atoms with van der Waals surface area (Å²) < 4.78 is 32.0. The summed E-state index contributed by atoms with van der Waals surface area (Å²) in [6, 6.07) is 8.56. The first-order valence-electron chi connectivity index (χ1n) is 6.81. The third kappa shape index (κ3) is 3.34. The third-order valence-electron chi connectivity index (χ3n) is 3.44. The lowest BCUT2D eigenvalue weighted by Gasteiger charge is -2.20. The molecule has 2 aromatic rings. The molecular formula is C15H20N2O3S. The molecule has 1 aromatic carbocycles. The molecule has 0 aliphatic heterocycles. The van der Waals surface area contributed by atoms with Crippen molar-refractivity contribution in [1.29, 1.82) is 0 Å². The highest BCUT2D eigenvalue weighted by atomic mass is 32.2. The molecule has 0 atom stereocenters. The summed E-state index contributed by atoms with van der Waals surface area (Å²) in [5.74, 6) is 0.617. The number of furan rings is 1. The summed E-state index contributed by atoms with van der Waals surface area (Å²) in [6.07, 6.45) is 1.54. The number of nitrogens with zero attached hydrogens (tertiary/aromatic N) is 1. The largest absolute Gasteiger partial charge is 0.468 e. The molecule has 0 aliphatic carbocycles. The van der Waals surface area contributed by atoms with Crippen molar-refractivity contribution >= 4 is 10.0 Å². The van der Waals surface area contributed by atoms with Gasteiger partial charge in [-0.2, -0.15) is 4.31 Å². The van der Waals surface area contributed by atoms with Crippen molar-refractivity contribution in [2.24, 2.45) is 5.73 Å². The Morgan fingerprint density at radius 1 is 1.29 bits per heavy atom. The fourth-order valence-electron chi connectivity index (χ4n) is 2.12. The lowest BCUT2D eigenvalue weighted by molar-refractivity contribution is 0.375. The van der Waals surface area contributed by atoms with E-state index in [-0.39, 0.29) is 11.4 Å². The van der Waals surface area contributed by atoms with Gasteiger partial charge in [0, 0.05) is 13.1 Å². The minimum absolute atomic E-state index is 0.220. The first-order chi connectivity index (χ1) is 9.98. The number of rotatable bonds is 6. The minimum atomic E-state index is -3.56. The molecule has 5 nitrogen and oxygen atoms in total. The van der Waals surface area contributed by atoms with Crippen LogP contribution in [-0.2, 0) is 23.1 Å². The molecule has 0 saturated heterocycles. The number of nitrogens with two attached hydrogens (primary N) is 1. The number of hydrogen-bond acceptors (Lipinski definition) is 4. The molecule has 0 radical (unpaired) electrons. The van der Waals surface area contributed by atoms with Crippen LogP contribution in [0, 0.1) is 6.92 Å². The Kier molecular flexibility index (Phi) is 4.82. The van der Waals surface area contributed by atoms with E-state index < -0.39 is 10.0 Å². The van der Waals surface area contributed by atoms with Crippen molar-refractivity contribution in [3.63, 3.8) is 0 Å². The van der Waals surface area contributed by atoms with Gasteiger partial charge in [-0.15, -0.1) is 0 Å². The van der Waals surface area contributed by atoms with Crippen molar-refractivity contribution < 1.29 is 12.8 Å². The predicted molar refractivity (Wildman–Crippen MR) is 81.0 cm³/mol. The maximum Gasteiger partial charge on any atom is 0.243 e. The molecule has 114 valence electrons. The summed E-state index contributed by atoms with van der Waals surface area (Å²) in [5, 5.41) is 0. The van der Waals surface area contributed by atoms with E-state index in [4.69, 9.17) is 10.2 Å². The van der Waals surface area contributed by atoms with E-state index in [1.807, 2.05) is 6.92 Å². The predicted octanol–water partition coefficient (Wildman–Crippen LogP) is 2.26. The Morgan fingerprint density at radius 2 is 2.05 bits per heavy atom. The Balaban J connectivity index is 2.35. The third-order valence-corrected chi connectivity index (χ3v) is 5.36. The molecule has 6 heteroatoms. The van der Waals surface area contributed by atoms with Gasteiger partial charge in [-0.25, -0.2) is 8.42 Å². The lowest BCUT2D eigenvalue weighted by atomic mass is 10.1. The minimum Gasteiger partial charge on any atom is -0.468 e. The molecule has 0 spiro atoms. The molecule has 0 fully saturated rings. The van der Waals surface area contributed by atoms with Crippen LogP contribution in [0.2, 0.25) is 0 Å². The second-order valence-corrected chi connectivity index (χ2v) is 6.74. The van der Waals surface area contributed by atoms with E-state index in [2.05, 4.69) is 0 Å². The second-order valence-electron chi connectivity index (χ2n) is 4.80. The quantitative estimate of drug-likeness (QED) is 0.888. The monoisotopic (exact) mass is 308 g/mol. The van der Waals surface area contributed by atoms with Gasteiger partial charge in [0.2, 0.25) is 10.0 Å². The van der Waals surface area contributed by atoms with Gasteiger partial charge in [0.15, 0.2) is 0 Å². The van der Waals surface area contributed by atoms with E-state index in [9.17, 15) is 8.42 Å². The molecule has 21 heavy (non-hydrogen) atoms. The fourth-order valence-corrected chi connectivity index (χ4v) is 3.59. The lowest BCUT2D eigenvalue weighted by Crippen LogP contribution is -2.30. The highest BCUT2D eigenvalue weighted by Crippen LogP contribution is 2.21. The van der Waals surface area contributed by atoms with E-state index in [1.165, 1.54) is 10.6 Å². The van der Waals surface area contributed by atoms with Crippen LogP contribution in [0.15, 0.2) is 45.9 Å². The maximum atomic E-state index is 12.7. The Bertz CT molecular complexity index is 694. The van der Waals surface area contributed by atoms with Crippen LogP contribution in [-0.4, -0.2) is 19.3 Å². The van der Waals surface area contributed by atoms with Crippen LogP contribution < -0.4 is 5.73 Å². The maximum absolute atomic E-state index is 12.7. The molecule has 0 aliphatic rings. The van der Waals surface area contributed by atoms with Crippen molar-refractivity contribution in [3.8, 4) is 0 Å². The van der Waals surface area contributed by atoms with Gasteiger partial charge in [-0.3, -0.25) is 0 Å². The van der Waals surface area contributed by atoms with Crippen LogP contribution in [0.4, 0.5) is 0 Å². The first-order valence-corrected chi connectivity index (χ1v) is 8.25. The van der Waals surface area contributed by atoms with E-state index in [0.717, 1.165) is 11.1 Å². The van der Waals surface area contributed by atoms with Crippen molar-refractivity contribution in [2.45, 2.75) is 31.8 Å². The summed E-state index contributed by atoms with van der Waals surface area (Å²) in [6.45, 7) is 4.63. The van der Waals surface area contributed by atoms with Crippen LogP contribution in [0.5, 0.6) is 0 Å². The van der Waals surface area contributed by atoms with Crippen molar-refractivity contribution in [2.75, 3.05) is 6.54 Å². The fraction of sp³-hybridized carbons (Fsp3) is 0.333. The highest BCUT2D eigenvalue weighted by molar-refractivity contribution is 7.89. The first kappa shape index (κ1) is 15.8. The van der Waals surface area contributed by atoms with Crippen LogP contribution >= 0.6 is 0 Å². The summed E-state index contributed by atoms with van der Waals surface area (Å²) in [4.78, 5) is 0.266. The normalized spacial score (nSPS) is 12.0. The van der Waals surface area contributed by atoms with Crippen molar-refractivity contribution in [1.82, 2.24) is 4.31 Å². The van der Waals surface area contributed by atoms with Gasteiger partial charge in [0.1, 0.15) is 5.76 Å². The van der Waals surface area contributed by atoms with Crippen LogP contribution in [0.1, 0.15) is 23.8 Å². The molecule has 2 N–H and O–H groups in total. The Morgan fingerprint density at radius 3 is 2.62 bits per heavy atom. The number of sulfonamides is 1. The molecule has 1 heterocycles. The van der Waals surface area contributed by atoms with E-state index in [1.54, 1.807) is 37.3 Å². The summed E-state index contributed by atoms with van der Waals surface area (Å²) >= 11 is 0. The molecular weight excluding hydrogens is 288 g/mol. The number of benzene rings is 1. The van der Waals surface area contributed by atoms with Gasteiger partial charge in [-0.05, 0) is 42.3 Å². The van der Waals surface area contributed by atoms with Crippen LogP contribution in [0.25, 0.3) is 0 Å². The molecule has 2 rings (SSSR count). The zero-order chi connectivity index (χ0) is 15.5. The standard InChI is InChI=1S/C15H20N2O3S/c1-3-17(11-14-5-4-8-20-14)21(18,19)15-7-6-12(2)13(9-15)10-16/h4-9H,3,10-11,16H2,1-2H3. The zero-order valence-corrected chi connectivity index (χ0v) is 13.1. The van der Waals surface area contributed by atoms with Gasteiger partial charge in [0.25, 0.3) is 0 Å². The molecule has 0 saturated carbocycles. The molecule has 1 aromatic heterocycles. The SMILES string of the molecule is CCN(Cc1ccco1)S(=O)(=O)c1ccc(C)c(CN)c1. The number of aryl methyl sites for hydroxylation is 1. The van der Waals surface area contributed by atoms with Crippen LogP contribution in [0.3, 0.4) is 0 Å². The molecule has 0 amide bonds. The van der Waals surface area contributed by atoms with E-state index in [0.29, 0.717) is 18.8 Å². The summed E-state index contributed by atoms with van der Waals surface area (Å²) in [5.41, 5.74) is 7.49. The number of hydrogen-bond donors (Lipinski definition) is 1. The smallest absolute Gasteiger partial charge is 0.243 e. The summed E-state index contributed by atoms with van der Waals surface area (Å²) in [7, 11) is -3.56. The van der Waals surface area contributed by atoms with Crippen molar-refractivity contribution in [3.05, 3.63) is 53.5 Å². The van der Waals surface area contributed by atoms with Gasteiger partial charge < -0.3 is 10.2 Å². The average molecular weight is 308 g/mol. The zero-order valence-electron chi connectivity index (χ0n) is 12.2.